The average Bonchev–Trinajstić information content (AvgIpc) is 2.16. The molecule has 8 heteroatoms. The van der Waals surface area contributed by atoms with Crippen molar-refractivity contribution in [1.82, 2.24) is 4.98 Å². The first kappa shape index (κ1) is 12.4. The van der Waals surface area contributed by atoms with E-state index in [1.807, 2.05) is 0 Å². The summed E-state index contributed by atoms with van der Waals surface area (Å²) in [6.07, 6.45) is 2.65. The smallest absolute Gasteiger partial charge is 0.337 e. The Kier molecular flexibility index (Phi) is 3.80. The van der Waals surface area contributed by atoms with Crippen molar-refractivity contribution in [2.24, 2.45) is 5.14 Å². The molecule has 1 aromatic heterocycles. The first-order chi connectivity index (χ1) is 7.40. The van der Waals surface area contributed by atoms with E-state index < -0.39 is 16.0 Å². The maximum Gasteiger partial charge on any atom is 0.337 e. The Morgan fingerprint density at radius 3 is 2.81 bits per heavy atom. The molecule has 0 aliphatic rings. The van der Waals surface area contributed by atoms with Crippen molar-refractivity contribution in [3.05, 3.63) is 24.0 Å². The topological polar surface area (TPSA) is 122 Å². The molecule has 1 aromatic rings. The van der Waals surface area contributed by atoms with Crippen LogP contribution < -0.4 is 10.5 Å². The van der Waals surface area contributed by atoms with Crippen molar-refractivity contribution >= 4 is 21.7 Å². The quantitative estimate of drug-likeness (QED) is 0.641. The van der Waals surface area contributed by atoms with Gasteiger partial charge in [-0.3, -0.25) is 4.98 Å². The molecule has 0 fully saturated rings. The average molecular weight is 245 g/mol. The molecule has 4 N–H and O–H groups in total. The van der Waals surface area contributed by atoms with E-state index in [2.05, 4.69) is 10.3 Å². The first-order valence-electron chi connectivity index (χ1n) is 4.32. The van der Waals surface area contributed by atoms with Gasteiger partial charge >= 0.3 is 5.97 Å². The molecular weight excluding hydrogens is 234 g/mol. The maximum absolute atomic E-state index is 10.8. The molecule has 1 rings (SSSR count). The Hall–Kier alpha value is -1.67. The lowest BCUT2D eigenvalue weighted by Crippen LogP contribution is -2.23. The second-order valence-corrected chi connectivity index (χ2v) is 4.75. The summed E-state index contributed by atoms with van der Waals surface area (Å²) in [5.41, 5.74) is 0.295. The van der Waals surface area contributed by atoms with Gasteiger partial charge in [-0.2, -0.15) is 0 Å². The zero-order chi connectivity index (χ0) is 12.2. The van der Waals surface area contributed by atoms with Crippen LogP contribution in [-0.4, -0.2) is 36.8 Å². The number of hydrogen-bond acceptors (Lipinski definition) is 5. The van der Waals surface area contributed by atoms with E-state index in [0.29, 0.717) is 0 Å². The third kappa shape index (κ3) is 3.83. The minimum absolute atomic E-state index is 0.0319. The standard InChI is InChI=1S/C8H11N3O4S/c9-16(14,15)4-3-11-7-5-10-2-1-6(7)8(12)13/h1-2,5,11H,3-4H2,(H,12,13)(H2,9,14,15). The monoisotopic (exact) mass is 245 g/mol. The summed E-state index contributed by atoms with van der Waals surface area (Å²) in [6, 6.07) is 1.32. The third-order valence-corrected chi connectivity index (χ3v) is 2.53. The van der Waals surface area contributed by atoms with Crippen LogP contribution in [0.25, 0.3) is 0 Å². The molecule has 0 atom stereocenters. The third-order valence-electron chi connectivity index (χ3n) is 1.75. The molecule has 0 amide bonds. The van der Waals surface area contributed by atoms with Crippen LogP contribution in [-0.2, 0) is 10.0 Å². The van der Waals surface area contributed by atoms with E-state index in [0.717, 1.165) is 0 Å². The second-order valence-electron chi connectivity index (χ2n) is 3.02. The van der Waals surface area contributed by atoms with Gasteiger partial charge in [0.05, 0.1) is 23.2 Å². The zero-order valence-corrected chi connectivity index (χ0v) is 9.07. The van der Waals surface area contributed by atoms with Crippen molar-refractivity contribution in [2.45, 2.75) is 0 Å². The van der Waals surface area contributed by atoms with Gasteiger partial charge in [0.25, 0.3) is 0 Å². The summed E-state index contributed by atoms with van der Waals surface area (Å²) in [4.78, 5) is 14.5. The fourth-order valence-corrected chi connectivity index (χ4v) is 1.44. The molecule has 0 aromatic carbocycles. The molecule has 0 aliphatic heterocycles. The number of aromatic nitrogens is 1. The molecule has 0 unspecified atom stereocenters. The molecular formula is C8H11N3O4S. The summed E-state index contributed by atoms with van der Waals surface area (Å²) >= 11 is 0. The fraction of sp³-hybridized carbons (Fsp3) is 0.250. The van der Waals surface area contributed by atoms with Crippen LogP contribution in [0.3, 0.4) is 0 Å². The number of nitrogens with two attached hydrogens (primary N) is 1. The Labute approximate surface area is 92.4 Å². The molecule has 1 heterocycles. The molecule has 88 valence electrons. The van der Waals surface area contributed by atoms with Crippen LogP contribution in [0.1, 0.15) is 10.4 Å². The normalized spacial score (nSPS) is 11.1. The number of carboxylic acid groups (broad SMARTS) is 1. The molecule has 0 aliphatic carbocycles. The number of pyridine rings is 1. The van der Waals surface area contributed by atoms with E-state index in [9.17, 15) is 13.2 Å². The lowest BCUT2D eigenvalue weighted by atomic mass is 10.2. The Bertz CT molecular complexity index is 486. The van der Waals surface area contributed by atoms with Gasteiger partial charge in [0.1, 0.15) is 0 Å². The van der Waals surface area contributed by atoms with Gasteiger partial charge in [-0.1, -0.05) is 0 Å². The summed E-state index contributed by atoms with van der Waals surface area (Å²) in [5, 5.41) is 16.3. The number of nitrogens with one attached hydrogen (secondary N) is 1. The van der Waals surface area contributed by atoms with Crippen molar-refractivity contribution in [3.8, 4) is 0 Å². The SMILES string of the molecule is NS(=O)(=O)CCNc1cnccc1C(=O)O. The van der Waals surface area contributed by atoms with Crippen LogP contribution in [0.4, 0.5) is 5.69 Å². The van der Waals surface area contributed by atoms with Gasteiger partial charge in [-0.25, -0.2) is 18.4 Å². The fourth-order valence-electron chi connectivity index (χ4n) is 1.05. The zero-order valence-electron chi connectivity index (χ0n) is 8.25. The van der Waals surface area contributed by atoms with Gasteiger partial charge < -0.3 is 10.4 Å². The first-order valence-corrected chi connectivity index (χ1v) is 6.03. The number of primary sulfonamides is 1. The lowest BCUT2D eigenvalue weighted by molar-refractivity contribution is 0.0698. The van der Waals surface area contributed by atoms with Crippen LogP contribution in [0.2, 0.25) is 0 Å². The minimum atomic E-state index is -3.56. The number of carboxylic acids is 1. The molecule has 0 saturated heterocycles. The predicted octanol–water partition coefficient (Wildman–Crippen LogP) is -0.520. The van der Waals surface area contributed by atoms with Gasteiger partial charge in [0.15, 0.2) is 0 Å². The predicted molar refractivity (Wildman–Crippen MR) is 57.7 cm³/mol. The van der Waals surface area contributed by atoms with Crippen LogP contribution in [0.15, 0.2) is 18.5 Å². The van der Waals surface area contributed by atoms with Crippen molar-refractivity contribution < 1.29 is 18.3 Å². The Balaban J connectivity index is 2.71. The highest BCUT2D eigenvalue weighted by atomic mass is 32.2. The van der Waals surface area contributed by atoms with E-state index in [1.165, 1.54) is 18.5 Å². The van der Waals surface area contributed by atoms with Crippen LogP contribution in [0, 0.1) is 0 Å². The molecule has 7 nitrogen and oxygen atoms in total. The number of sulfonamides is 1. The highest BCUT2D eigenvalue weighted by molar-refractivity contribution is 7.89. The number of carbonyl (C=O) groups is 1. The Morgan fingerprint density at radius 1 is 1.56 bits per heavy atom. The molecule has 0 spiro atoms. The van der Waals surface area contributed by atoms with Gasteiger partial charge in [-0.15, -0.1) is 0 Å². The molecule has 0 saturated carbocycles. The summed E-state index contributed by atoms with van der Waals surface area (Å²) in [6.45, 7) is 0.0325. The van der Waals surface area contributed by atoms with Gasteiger partial charge in [-0.05, 0) is 6.07 Å². The van der Waals surface area contributed by atoms with Crippen LogP contribution in [0.5, 0.6) is 0 Å². The number of anilines is 1. The van der Waals surface area contributed by atoms with Crippen LogP contribution >= 0.6 is 0 Å². The van der Waals surface area contributed by atoms with Crippen molar-refractivity contribution in [2.75, 3.05) is 17.6 Å². The highest BCUT2D eigenvalue weighted by Crippen LogP contribution is 2.12. The largest absolute Gasteiger partial charge is 0.478 e. The van der Waals surface area contributed by atoms with Crippen molar-refractivity contribution in [3.63, 3.8) is 0 Å². The van der Waals surface area contributed by atoms with E-state index in [4.69, 9.17) is 10.2 Å². The molecule has 0 radical (unpaired) electrons. The number of nitrogens with zero attached hydrogens (tertiary/aromatic N) is 1. The lowest BCUT2D eigenvalue weighted by Gasteiger charge is -2.07. The number of rotatable bonds is 5. The van der Waals surface area contributed by atoms with Gasteiger partial charge in [0, 0.05) is 12.7 Å². The Morgan fingerprint density at radius 2 is 2.25 bits per heavy atom. The highest BCUT2D eigenvalue weighted by Gasteiger charge is 2.09. The molecule has 16 heavy (non-hydrogen) atoms. The van der Waals surface area contributed by atoms with E-state index in [1.54, 1.807) is 0 Å². The van der Waals surface area contributed by atoms with Gasteiger partial charge in [0.2, 0.25) is 10.0 Å². The number of hydrogen-bond donors (Lipinski definition) is 3. The second kappa shape index (κ2) is 4.90. The summed E-state index contributed by atoms with van der Waals surface area (Å²) in [7, 11) is -3.56. The molecule has 0 bridgehead atoms. The summed E-state index contributed by atoms with van der Waals surface area (Å²) in [5.74, 6) is -1.39. The van der Waals surface area contributed by atoms with E-state index in [-0.39, 0.29) is 23.5 Å². The van der Waals surface area contributed by atoms with Crippen molar-refractivity contribution in [1.29, 1.82) is 0 Å². The number of aromatic carboxylic acids is 1. The maximum atomic E-state index is 10.8. The minimum Gasteiger partial charge on any atom is -0.478 e. The van der Waals surface area contributed by atoms with E-state index >= 15 is 0 Å². The summed E-state index contributed by atoms with van der Waals surface area (Å²) < 4.78 is 21.3.